The molecule has 0 saturated carbocycles. The van der Waals surface area contributed by atoms with E-state index in [0.717, 1.165) is 5.56 Å². The highest BCUT2D eigenvalue weighted by atomic mass is 19.1. The van der Waals surface area contributed by atoms with Crippen molar-refractivity contribution in [1.82, 2.24) is 10.9 Å². The zero-order valence-electron chi connectivity index (χ0n) is 13.5. The molecule has 1 aliphatic rings. The van der Waals surface area contributed by atoms with E-state index >= 15 is 0 Å². The molecule has 6 nitrogen and oxygen atoms in total. The van der Waals surface area contributed by atoms with E-state index in [1.807, 2.05) is 18.2 Å². The zero-order valence-corrected chi connectivity index (χ0v) is 13.5. The molecule has 0 fully saturated rings. The topological polar surface area (TPSA) is 76.7 Å². The summed E-state index contributed by atoms with van der Waals surface area (Å²) < 4.78 is 23.8. The Bertz CT molecular complexity index is 754. The Morgan fingerprint density at radius 1 is 1.16 bits per heavy atom. The predicted molar refractivity (Wildman–Crippen MR) is 87.3 cm³/mol. The normalized spacial score (nSPS) is 16.3. The minimum Gasteiger partial charge on any atom is -0.481 e. The van der Waals surface area contributed by atoms with Crippen molar-refractivity contribution in [1.29, 1.82) is 0 Å². The number of rotatable bonds is 4. The molecule has 2 aromatic rings. The van der Waals surface area contributed by atoms with Gasteiger partial charge in [0.05, 0.1) is 0 Å². The van der Waals surface area contributed by atoms with Gasteiger partial charge in [-0.25, -0.2) is 4.39 Å². The van der Waals surface area contributed by atoms with Crippen LogP contribution in [0.3, 0.4) is 0 Å². The third-order valence-corrected chi connectivity index (χ3v) is 3.74. The fourth-order valence-electron chi connectivity index (χ4n) is 2.40. The molecule has 2 atom stereocenters. The van der Waals surface area contributed by atoms with Gasteiger partial charge in [-0.2, -0.15) is 0 Å². The van der Waals surface area contributed by atoms with Gasteiger partial charge in [0.25, 0.3) is 11.8 Å². The van der Waals surface area contributed by atoms with Crippen LogP contribution in [-0.4, -0.2) is 24.0 Å². The van der Waals surface area contributed by atoms with Gasteiger partial charge in [0.1, 0.15) is 17.3 Å². The van der Waals surface area contributed by atoms with Gasteiger partial charge in [-0.3, -0.25) is 20.4 Å². The van der Waals surface area contributed by atoms with Crippen LogP contribution >= 0.6 is 0 Å². The quantitative estimate of drug-likeness (QED) is 0.829. The molecule has 130 valence electrons. The molecule has 0 saturated heterocycles. The van der Waals surface area contributed by atoms with E-state index in [1.54, 1.807) is 6.07 Å². The largest absolute Gasteiger partial charge is 0.481 e. The first-order valence-electron chi connectivity index (χ1n) is 7.79. The van der Waals surface area contributed by atoms with Crippen LogP contribution in [0.25, 0.3) is 0 Å². The number of halogens is 1. The first-order chi connectivity index (χ1) is 12.0. The van der Waals surface area contributed by atoms with Crippen molar-refractivity contribution in [3.05, 3.63) is 59.9 Å². The van der Waals surface area contributed by atoms with E-state index < -0.39 is 29.8 Å². The SMILES string of the molecule is C[C@H](Oc1ccc(F)cc1)C(=O)NNC(=O)[C@H]1Cc2ccccc2O1. The Balaban J connectivity index is 1.47. The summed E-state index contributed by atoms with van der Waals surface area (Å²) in [5.41, 5.74) is 5.58. The molecule has 0 spiro atoms. The summed E-state index contributed by atoms with van der Waals surface area (Å²) in [6, 6.07) is 12.7. The number of ether oxygens (including phenoxy) is 2. The number of benzene rings is 2. The Kier molecular flexibility index (Phi) is 4.83. The molecule has 0 radical (unpaired) electrons. The molecular formula is C18H17FN2O4. The first-order valence-corrected chi connectivity index (χ1v) is 7.79. The Labute approximate surface area is 143 Å². The van der Waals surface area contributed by atoms with Gasteiger partial charge in [0, 0.05) is 6.42 Å². The van der Waals surface area contributed by atoms with Crippen molar-refractivity contribution in [3.8, 4) is 11.5 Å². The molecule has 0 bridgehead atoms. The van der Waals surface area contributed by atoms with E-state index in [1.165, 1.54) is 31.2 Å². The van der Waals surface area contributed by atoms with E-state index in [9.17, 15) is 14.0 Å². The van der Waals surface area contributed by atoms with Gasteiger partial charge >= 0.3 is 0 Å². The number of amides is 2. The van der Waals surface area contributed by atoms with Crippen LogP contribution < -0.4 is 20.3 Å². The summed E-state index contributed by atoms with van der Waals surface area (Å²) in [6.07, 6.45) is -1.11. The number of carbonyl (C=O) groups is 2. The monoisotopic (exact) mass is 344 g/mol. The number of nitrogens with one attached hydrogen (secondary N) is 2. The number of hydrogen-bond acceptors (Lipinski definition) is 4. The van der Waals surface area contributed by atoms with Crippen molar-refractivity contribution in [2.45, 2.75) is 25.6 Å². The van der Waals surface area contributed by atoms with Crippen molar-refractivity contribution in [3.63, 3.8) is 0 Å². The average molecular weight is 344 g/mol. The van der Waals surface area contributed by atoms with Crippen molar-refractivity contribution >= 4 is 11.8 Å². The third kappa shape index (κ3) is 4.06. The first kappa shape index (κ1) is 16.8. The summed E-state index contributed by atoms with van der Waals surface area (Å²) in [7, 11) is 0. The molecule has 25 heavy (non-hydrogen) atoms. The van der Waals surface area contributed by atoms with Crippen LogP contribution in [-0.2, 0) is 16.0 Å². The molecule has 7 heteroatoms. The second-order valence-corrected chi connectivity index (χ2v) is 5.61. The van der Waals surface area contributed by atoms with Gasteiger partial charge in [-0.15, -0.1) is 0 Å². The van der Waals surface area contributed by atoms with E-state index in [4.69, 9.17) is 9.47 Å². The second kappa shape index (κ2) is 7.21. The number of hydrazine groups is 1. The number of carbonyl (C=O) groups excluding carboxylic acids is 2. The molecule has 1 aliphatic heterocycles. The van der Waals surface area contributed by atoms with Crippen LogP contribution in [0.1, 0.15) is 12.5 Å². The maximum atomic E-state index is 12.8. The van der Waals surface area contributed by atoms with Gasteiger partial charge in [-0.05, 0) is 42.8 Å². The smallest absolute Gasteiger partial charge is 0.279 e. The highest BCUT2D eigenvalue weighted by Gasteiger charge is 2.29. The van der Waals surface area contributed by atoms with Crippen molar-refractivity contribution in [2.75, 3.05) is 0 Å². The fraction of sp³-hybridized carbons (Fsp3) is 0.222. The lowest BCUT2D eigenvalue weighted by Crippen LogP contribution is -2.51. The van der Waals surface area contributed by atoms with E-state index in [0.29, 0.717) is 17.9 Å². The Morgan fingerprint density at radius 2 is 1.88 bits per heavy atom. The summed E-state index contributed by atoms with van der Waals surface area (Å²) in [5.74, 6) is -0.354. The highest BCUT2D eigenvalue weighted by Crippen LogP contribution is 2.27. The zero-order chi connectivity index (χ0) is 17.8. The Morgan fingerprint density at radius 3 is 2.60 bits per heavy atom. The number of fused-ring (bicyclic) bond motifs is 1. The maximum absolute atomic E-state index is 12.8. The van der Waals surface area contributed by atoms with Crippen molar-refractivity contribution < 1.29 is 23.5 Å². The standard InChI is InChI=1S/C18H17FN2O4/c1-11(24-14-8-6-13(19)7-9-14)17(22)20-21-18(23)16-10-12-4-2-3-5-15(12)25-16/h2-9,11,16H,10H2,1H3,(H,20,22)(H,21,23)/t11-,16+/m0/s1. The highest BCUT2D eigenvalue weighted by molar-refractivity contribution is 5.87. The molecule has 2 aromatic carbocycles. The van der Waals surface area contributed by atoms with E-state index in [2.05, 4.69) is 10.9 Å². The van der Waals surface area contributed by atoms with Crippen LogP contribution in [0.4, 0.5) is 4.39 Å². The van der Waals surface area contributed by atoms with E-state index in [-0.39, 0.29) is 0 Å². The molecule has 2 N–H and O–H groups in total. The van der Waals surface area contributed by atoms with Crippen molar-refractivity contribution in [2.24, 2.45) is 0 Å². The molecule has 0 aliphatic carbocycles. The summed E-state index contributed by atoms with van der Waals surface area (Å²) in [4.78, 5) is 24.1. The Hall–Kier alpha value is -3.09. The summed E-state index contributed by atoms with van der Waals surface area (Å²) >= 11 is 0. The molecule has 0 unspecified atom stereocenters. The van der Waals surface area contributed by atoms with Crippen LogP contribution in [0.5, 0.6) is 11.5 Å². The third-order valence-electron chi connectivity index (χ3n) is 3.74. The van der Waals surface area contributed by atoms with Crippen LogP contribution in [0.15, 0.2) is 48.5 Å². The molecule has 0 aromatic heterocycles. The van der Waals surface area contributed by atoms with Gasteiger partial charge in [0.15, 0.2) is 12.2 Å². The summed E-state index contributed by atoms with van der Waals surface area (Å²) in [5, 5.41) is 0. The lowest BCUT2D eigenvalue weighted by Gasteiger charge is -2.16. The van der Waals surface area contributed by atoms with Gasteiger partial charge < -0.3 is 9.47 Å². The molecular weight excluding hydrogens is 327 g/mol. The average Bonchev–Trinajstić information content (AvgIpc) is 3.05. The molecule has 3 rings (SSSR count). The maximum Gasteiger partial charge on any atom is 0.279 e. The van der Waals surface area contributed by atoms with Gasteiger partial charge in [-0.1, -0.05) is 18.2 Å². The molecule has 2 amide bonds. The lowest BCUT2D eigenvalue weighted by atomic mass is 10.1. The minimum absolute atomic E-state index is 0.352. The number of hydrogen-bond donors (Lipinski definition) is 2. The minimum atomic E-state index is -0.868. The fourth-order valence-corrected chi connectivity index (χ4v) is 2.40. The van der Waals surface area contributed by atoms with Crippen LogP contribution in [0.2, 0.25) is 0 Å². The summed E-state index contributed by atoms with van der Waals surface area (Å²) in [6.45, 7) is 1.52. The van der Waals surface area contributed by atoms with Crippen LogP contribution in [0, 0.1) is 5.82 Å². The second-order valence-electron chi connectivity index (χ2n) is 5.61. The molecule has 1 heterocycles. The predicted octanol–water partition coefficient (Wildman–Crippen LogP) is 1.74. The number of para-hydroxylation sites is 1. The van der Waals surface area contributed by atoms with Gasteiger partial charge in [0.2, 0.25) is 0 Å². The lowest BCUT2D eigenvalue weighted by molar-refractivity contribution is -0.135.